The first-order chi connectivity index (χ1) is 7.84. The minimum atomic E-state index is 0.479. The molecule has 1 aromatic heterocycles. The van der Waals surface area contributed by atoms with E-state index in [9.17, 15) is 0 Å². The van der Waals surface area contributed by atoms with E-state index in [-0.39, 0.29) is 0 Å². The zero-order chi connectivity index (χ0) is 11.2. The van der Waals surface area contributed by atoms with Crippen LogP contribution in [-0.4, -0.2) is 11.6 Å². The van der Waals surface area contributed by atoms with Gasteiger partial charge in [-0.15, -0.1) is 0 Å². The van der Waals surface area contributed by atoms with Crippen LogP contribution in [0.15, 0.2) is 41.8 Å². The van der Waals surface area contributed by atoms with Crippen molar-refractivity contribution in [3.8, 4) is 5.19 Å². The van der Waals surface area contributed by atoms with Gasteiger partial charge in [0.15, 0.2) is 0 Å². The van der Waals surface area contributed by atoms with Gasteiger partial charge in [0.2, 0.25) is 0 Å². The smallest absolute Gasteiger partial charge is 0.274 e. The number of thiazole rings is 1. The lowest BCUT2D eigenvalue weighted by atomic mass is 10.2. The molecule has 0 unspecified atom stereocenters. The molecule has 2 rings (SSSR count). The van der Waals surface area contributed by atoms with Crippen molar-refractivity contribution in [1.29, 1.82) is 0 Å². The average molecular weight is 252 g/mol. The maximum absolute atomic E-state index is 5.67. The molecule has 2 aromatic rings. The van der Waals surface area contributed by atoms with Crippen molar-refractivity contribution in [1.82, 2.24) is 4.98 Å². The third-order valence-corrected chi connectivity index (χ3v) is 2.94. The molecule has 0 saturated carbocycles. The van der Waals surface area contributed by atoms with Gasteiger partial charge in [0.1, 0.15) is 11.8 Å². The minimum Gasteiger partial charge on any atom is -0.466 e. The van der Waals surface area contributed by atoms with E-state index in [1.165, 1.54) is 11.3 Å². The first-order valence-corrected chi connectivity index (χ1v) is 6.06. The van der Waals surface area contributed by atoms with Crippen molar-refractivity contribution in [2.45, 2.75) is 0 Å². The fourth-order valence-electron chi connectivity index (χ4n) is 1.17. The van der Waals surface area contributed by atoms with Gasteiger partial charge in [0.05, 0.1) is 0 Å². The van der Waals surface area contributed by atoms with E-state index < -0.39 is 0 Å². The number of halogens is 1. The van der Waals surface area contributed by atoms with Gasteiger partial charge in [-0.1, -0.05) is 59.3 Å². The summed E-state index contributed by atoms with van der Waals surface area (Å²) < 4.78 is 5.38. The van der Waals surface area contributed by atoms with Crippen LogP contribution in [0.1, 0.15) is 5.56 Å². The van der Waals surface area contributed by atoms with Gasteiger partial charge < -0.3 is 4.74 Å². The van der Waals surface area contributed by atoms with E-state index in [4.69, 9.17) is 16.3 Å². The largest absolute Gasteiger partial charge is 0.466 e. The lowest BCUT2D eigenvalue weighted by Gasteiger charge is -1.96. The van der Waals surface area contributed by atoms with Crippen molar-refractivity contribution in [3.05, 3.63) is 52.5 Å². The molecule has 0 atom stereocenters. The second kappa shape index (κ2) is 5.68. The van der Waals surface area contributed by atoms with Gasteiger partial charge in [0.25, 0.3) is 5.19 Å². The molecular formula is C12H10ClNOS. The molecule has 2 nitrogen and oxygen atoms in total. The Morgan fingerprint density at radius 3 is 2.81 bits per heavy atom. The Hall–Kier alpha value is -1.32. The van der Waals surface area contributed by atoms with E-state index >= 15 is 0 Å². The number of hydrogen-bond donors (Lipinski definition) is 0. The standard InChI is InChI=1S/C12H10ClNOS/c13-11-9-16-12(14-11)15-8-4-7-10-5-2-1-3-6-10/h1-7,9H,8H2/b7-4+. The molecule has 0 aliphatic carbocycles. The molecule has 0 saturated heterocycles. The van der Waals surface area contributed by atoms with Gasteiger partial charge in [0, 0.05) is 5.38 Å². The zero-order valence-corrected chi connectivity index (χ0v) is 10.0. The highest BCUT2D eigenvalue weighted by Gasteiger charge is 1.97. The van der Waals surface area contributed by atoms with Gasteiger partial charge in [-0.25, -0.2) is 0 Å². The van der Waals surface area contributed by atoms with Crippen LogP contribution in [0.2, 0.25) is 5.15 Å². The van der Waals surface area contributed by atoms with Crippen LogP contribution in [0.4, 0.5) is 0 Å². The number of rotatable bonds is 4. The van der Waals surface area contributed by atoms with E-state index in [0.717, 1.165) is 5.56 Å². The van der Waals surface area contributed by atoms with Crippen LogP contribution < -0.4 is 4.74 Å². The summed E-state index contributed by atoms with van der Waals surface area (Å²) in [5.41, 5.74) is 1.16. The van der Waals surface area contributed by atoms with Crippen molar-refractivity contribution in [2.24, 2.45) is 0 Å². The monoisotopic (exact) mass is 251 g/mol. The van der Waals surface area contributed by atoms with E-state index in [1.54, 1.807) is 5.38 Å². The molecule has 0 spiro atoms. The molecule has 1 heterocycles. The number of nitrogens with zero attached hydrogens (tertiary/aromatic N) is 1. The molecule has 82 valence electrons. The highest BCUT2D eigenvalue weighted by molar-refractivity contribution is 7.11. The first-order valence-electron chi connectivity index (χ1n) is 4.80. The Bertz CT molecular complexity index is 467. The van der Waals surface area contributed by atoms with Gasteiger partial charge in [-0.3, -0.25) is 0 Å². The molecule has 0 bridgehead atoms. The van der Waals surface area contributed by atoms with E-state index in [2.05, 4.69) is 4.98 Å². The molecule has 0 aliphatic rings. The molecule has 4 heteroatoms. The summed E-state index contributed by atoms with van der Waals surface area (Å²) in [6, 6.07) is 10.1. The summed E-state index contributed by atoms with van der Waals surface area (Å²) in [6.45, 7) is 0.499. The SMILES string of the molecule is Clc1csc(OC/C=C/c2ccccc2)n1. The zero-order valence-electron chi connectivity index (χ0n) is 8.47. The molecule has 0 aliphatic heterocycles. The van der Waals surface area contributed by atoms with Crippen molar-refractivity contribution >= 4 is 29.0 Å². The Morgan fingerprint density at radius 2 is 2.12 bits per heavy atom. The summed E-state index contributed by atoms with van der Waals surface area (Å²) >= 11 is 7.07. The number of benzene rings is 1. The van der Waals surface area contributed by atoms with Gasteiger partial charge in [-0.05, 0) is 11.6 Å². The number of ether oxygens (including phenoxy) is 1. The predicted molar refractivity (Wildman–Crippen MR) is 68.1 cm³/mol. The van der Waals surface area contributed by atoms with Crippen molar-refractivity contribution in [2.75, 3.05) is 6.61 Å². The van der Waals surface area contributed by atoms with Crippen LogP contribution in [-0.2, 0) is 0 Å². The quantitative estimate of drug-likeness (QED) is 0.823. The highest BCUT2D eigenvalue weighted by Crippen LogP contribution is 2.20. The molecule has 16 heavy (non-hydrogen) atoms. The second-order valence-corrected chi connectivity index (χ2v) is 4.27. The molecule has 0 amide bonds. The third kappa shape index (κ3) is 3.36. The van der Waals surface area contributed by atoms with Crippen LogP contribution in [0.3, 0.4) is 0 Å². The van der Waals surface area contributed by atoms with Gasteiger partial charge >= 0.3 is 0 Å². The fraction of sp³-hybridized carbons (Fsp3) is 0.0833. The highest BCUT2D eigenvalue weighted by atomic mass is 35.5. The number of aromatic nitrogens is 1. The maximum Gasteiger partial charge on any atom is 0.274 e. The van der Waals surface area contributed by atoms with Crippen LogP contribution in [0.25, 0.3) is 6.08 Å². The average Bonchev–Trinajstić information content (AvgIpc) is 2.72. The first kappa shape index (κ1) is 11.2. The summed E-state index contributed by atoms with van der Waals surface area (Å²) in [5, 5.41) is 2.83. The fourth-order valence-corrected chi connectivity index (χ4v) is 1.97. The minimum absolute atomic E-state index is 0.479. The Balaban J connectivity index is 1.82. The molecular weight excluding hydrogens is 242 g/mol. The lowest BCUT2D eigenvalue weighted by molar-refractivity contribution is 0.361. The van der Waals surface area contributed by atoms with Crippen molar-refractivity contribution < 1.29 is 4.74 Å². The Kier molecular flexibility index (Phi) is 3.97. The lowest BCUT2D eigenvalue weighted by Crippen LogP contribution is -1.91. The predicted octanol–water partition coefficient (Wildman–Crippen LogP) is 3.89. The van der Waals surface area contributed by atoms with Crippen LogP contribution in [0, 0.1) is 0 Å². The normalized spacial score (nSPS) is 10.8. The molecule has 0 N–H and O–H groups in total. The van der Waals surface area contributed by atoms with E-state index in [1.807, 2.05) is 42.5 Å². The van der Waals surface area contributed by atoms with Crippen LogP contribution >= 0.6 is 22.9 Å². The summed E-state index contributed by atoms with van der Waals surface area (Å²) in [6.07, 6.45) is 3.96. The summed E-state index contributed by atoms with van der Waals surface area (Å²) in [7, 11) is 0. The Labute approximate surface area is 103 Å². The van der Waals surface area contributed by atoms with Gasteiger partial charge in [-0.2, -0.15) is 4.98 Å². The van der Waals surface area contributed by atoms with Crippen LogP contribution in [0.5, 0.6) is 5.19 Å². The topological polar surface area (TPSA) is 22.1 Å². The Morgan fingerprint density at radius 1 is 1.31 bits per heavy atom. The second-order valence-electron chi connectivity index (χ2n) is 3.06. The third-order valence-electron chi connectivity index (χ3n) is 1.87. The van der Waals surface area contributed by atoms with Crippen molar-refractivity contribution in [3.63, 3.8) is 0 Å². The molecule has 0 fully saturated rings. The summed E-state index contributed by atoms with van der Waals surface area (Å²) in [5.74, 6) is 0. The number of hydrogen-bond acceptors (Lipinski definition) is 3. The summed E-state index contributed by atoms with van der Waals surface area (Å²) in [4.78, 5) is 3.98. The maximum atomic E-state index is 5.67. The molecule has 1 aromatic carbocycles. The molecule has 0 radical (unpaired) electrons. The van der Waals surface area contributed by atoms with E-state index in [0.29, 0.717) is 17.0 Å².